The van der Waals surface area contributed by atoms with Gasteiger partial charge >= 0.3 is 0 Å². The second-order valence-electron chi connectivity index (χ2n) is 20.8. The molecule has 1 spiro atoms. The van der Waals surface area contributed by atoms with Gasteiger partial charge in [0.15, 0.2) is 34.9 Å². The lowest BCUT2D eigenvalue weighted by atomic mass is 9.69. The molecule has 2 aliphatic carbocycles. The van der Waals surface area contributed by atoms with Crippen molar-refractivity contribution in [2.75, 3.05) is 0 Å². The van der Waals surface area contributed by atoms with Crippen molar-refractivity contribution < 1.29 is 8.83 Å². The van der Waals surface area contributed by atoms with Crippen LogP contribution in [-0.2, 0) is 5.41 Å². The monoisotopic (exact) mass is 1030 g/mol. The van der Waals surface area contributed by atoms with Crippen molar-refractivity contribution in [2.45, 2.75) is 5.41 Å². The smallest absolute Gasteiger partial charge is 0.164 e. The summed E-state index contributed by atoms with van der Waals surface area (Å²) in [4.78, 5) is 31.2. The second kappa shape index (κ2) is 17.5. The molecule has 0 saturated carbocycles. The largest absolute Gasteiger partial charge is 0.455 e. The first-order chi connectivity index (χ1) is 40.2. The summed E-state index contributed by atoms with van der Waals surface area (Å²) >= 11 is 0. The van der Waals surface area contributed by atoms with Crippen molar-refractivity contribution >= 4 is 43.9 Å². The summed E-state index contributed by atoms with van der Waals surface area (Å²) in [5, 5.41) is 3.92. The molecule has 0 radical (unpaired) electrons. The van der Waals surface area contributed by atoms with E-state index in [4.69, 9.17) is 38.7 Å². The fraction of sp³-hybridized carbons (Fsp3) is 0.0137. The molecule has 0 bridgehead atoms. The number of rotatable bonds is 7. The van der Waals surface area contributed by atoms with E-state index in [0.29, 0.717) is 34.9 Å². The van der Waals surface area contributed by atoms with Crippen LogP contribution in [0.2, 0.25) is 0 Å². The number of benzene rings is 11. The molecule has 4 heterocycles. The van der Waals surface area contributed by atoms with Gasteiger partial charge in [0.05, 0.1) is 5.41 Å². The van der Waals surface area contributed by atoms with Gasteiger partial charge in [0.1, 0.15) is 22.3 Å². The van der Waals surface area contributed by atoms with E-state index in [2.05, 4.69) is 146 Å². The van der Waals surface area contributed by atoms with E-state index in [1.165, 1.54) is 22.3 Å². The van der Waals surface area contributed by atoms with E-state index in [1.54, 1.807) is 0 Å². The van der Waals surface area contributed by atoms with Gasteiger partial charge in [-0.15, -0.1) is 0 Å². The standard InChI is InChI=1S/C73H42N6O2/c1-5-21-44(22-6-1)67-74-68(45-23-7-2-8-24-45)76-71(75-67)48-39-37-43(38-40-48)53-41-57-63(65-61(53)51-31-15-19-35-59(51)80-65)64-58(73(57)55-33-17-13-29-49(55)50-30-14-18-34-56(50)73)42-54(62-52-32-16-20-36-60(52)81-66(62)64)72-78-69(46-25-9-3-10-26-46)77-70(79-72)47-27-11-4-12-28-47/h1-42H. The molecule has 8 nitrogen and oxygen atoms in total. The van der Waals surface area contributed by atoms with Crippen LogP contribution in [0.4, 0.5) is 0 Å². The zero-order chi connectivity index (χ0) is 53.2. The van der Waals surface area contributed by atoms with Crippen LogP contribution in [-0.4, -0.2) is 29.9 Å². The van der Waals surface area contributed by atoms with E-state index in [9.17, 15) is 0 Å². The maximum atomic E-state index is 7.36. The molecule has 81 heavy (non-hydrogen) atoms. The normalized spacial score (nSPS) is 12.8. The van der Waals surface area contributed by atoms with Crippen molar-refractivity contribution in [3.8, 4) is 102 Å². The first-order valence-corrected chi connectivity index (χ1v) is 27.2. The van der Waals surface area contributed by atoms with Gasteiger partial charge in [0.25, 0.3) is 0 Å². The van der Waals surface area contributed by atoms with Crippen LogP contribution >= 0.6 is 0 Å². The molecule has 4 aromatic heterocycles. The van der Waals surface area contributed by atoms with Gasteiger partial charge in [-0.3, -0.25) is 0 Å². The lowest BCUT2D eigenvalue weighted by molar-refractivity contribution is 0.665. The van der Waals surface area contributed by atoms with Gasteiger partial charge in [-0.05, 0) is 68.8 Å². The van der Waals surface area contributed by atoms with Crippen LogP contribution in [0.25, 0.3) is 146 Å². The molecule has 0 amide bonds. The Balaban J connectivity index is 0.963. The third-order valence-corrected chi connectivity index (χ3v) is 16.4. The molecular weight excluding hydrogens is 993 g/mol. The maximum Gasteiger partial charge on any atom is 0.164 e. The summed E-state index contributed by atoms with van der Waals surface area (Å²) in [6.07, 6.45) is 0. The predicted octanol–water partition coefficient (Wildman–Crippen LogP) is 17.9. The highest BCUT2D eigenvalue weighted by molar-refractivity contribution is 6.24. The summed E-state index contributed by atoms with van der Waals surface area (Å²) in [6, 6.07) is 88.4. The van der Waals surface area contributed by atoms with Gasteiger partial charge in [-0.25, -0.2) is 29.9 Å². The van der Waals surface area contributed by atoms with Crippen molar-refractivity contribution in [1.82, 2.24) is 29.9 Å². The Bertz CT molecular complexity index is 4880. The number of hydrogen-bond donors (Lipinski definition) is 0. The molecule has 11 aromatic carbocycles. The Hall–Kier alpha value is -11.0. The average Bonchev–Trinajstić information content (AvgIpc) is 1.99. The van der Waals surface area contributed by atoms with Crippen molar-refractivity contribution in [1.29, 1.82) is 0 Å². The maximum absolute atomic E-state index is 7.36. The van der Waals surface area contributed by atoms with Gasteiger partial charge in [-0.2, -0.15) is 0 Å². The number of para-hydroxylation sites is 2. The Morgan fingerprint density at radius 2 is 0.568 bits per heavy atom. The van der Waals surface area contributed by atoms with Crippen molar-refractivity contribution in [3.63, 3.8) is 0 Å². The lowest BCUT2D eigenvalue weighted by Gasteiger charge is -2.31. The Morgan fingerprint density at radius 1 is 0.247 bits per heavy atom. The third-order valence-electron chi connectivity index (χ3n) is 16.4. The van der Waals surface area contributed by atoms with Crippen LogP contribution < -0.4 is 0 Å². The fourth-order valence-corrected chi connectivity index (χ4v) is 12.9. The summed E-state index contributed by atoms with van der Waals surface area (Å²) in [5.74, 6) is 3.53. The number of aromatic nitrogens is 6. The molecule has 2 aliphatic rings. The molecule has 8 heteroatoms. The molecule has 0 unspecified atom stereocenters. The van der Waals surface area contributed by atoms with Crippen LogP contribution in [0.3, 0.4) is 0 Å². The molecular formula is C73H42N6O2. The summed E-state index contributed by atoms with van der Waals surface area (Å²) < 4.78 is 14.7. The average molecular weight is 1040 g/mol. The van der Waals surface area contributed by atoms with Gasteiger partial charge in [0.2, 0.25) is 0 Å². The Labute approximate surface area is 464 Å². The van der Waals surface area contributed by atoms with Crippen molar-refractivity contribution in [3.05, 3.63) is 277 Å². The minimum atomic E-state index is -0.855. The van der Waals surface area contributed by atoms with E-state index in [0.717, 1.165) is 111 Å². The first-order valence-electron chi connectivity index (χ1n) is 27.2. The minimum Gasteiger partial charge on any atom is -0.455 e. The van der Waals surface area contributed by atoms with Gasteiger partial charge < -0.3 is 8.83 Å². The second-order valence-corrected chi connectivity index (χ2v) is 20.8. The van der Waals surface area contributed by atoms with Crippen LogP contribution in [0, 0.1) is 0 Å². The molecule has 0 saturated heterocycles. The SMILES string of the molecule is c1ccc(-c2nc(-c3ccccc3)nc(-c3ccc(-c4cc5c(c6oc7ccccc7c46)-c4c(cc(-c6nc(-c7ccccc7)nc(-c7ccccc7)n6)c6c4oc4ccccc46)C54c5ccccc5-c5ccccc54)cc3)n2)cc1. The first kappa shape index (κ1) is 45.1. The summed E-state index contributed by atoms with van der Waals surface area (Å²) in [5.41, 5.74) is 18.5. The van der Waals surface area contributed by atoms with E-state index in [-0.39, 0.29) is 0 Å². The van der Waals surface area contributed by atoms with E-state index < -0.39 is 5.41 Å². The zero-order valence-corrected chi connectivity index (χ0v) is 43.2. The molecule has 376 valence electrons. The highest BCUT2D eigenvalue weighted by Crippen LogP contribution is 2.67. The molecule has 17 rings (SSSR count). The number of hydrogen-bond acceptors (Lipinski definition) is 8. The predicted molar refractivity (Wildman–Crippen MR) is 322 cm³/mol. The van der Waals surface area contributed by atoms with Gasteiger partial charge in [0, 0.05) is 66.1 Å². The highest BCUT2D eigenvalue weighted by Gasteiger charge is 2.54. The van der Waals surface area contributed by atoms with Crippen LogP contribution in [0.1, 0.15) is 22.3 Å². The number of fused-ring (bicyclic) bond motifs is 18. The van der Waals surface area contributed by atoms with E-state index in [1.807, 2.05) is 109 Å². The topological polar surface area (TPSA) is 104 Å². The summed E-state index contributed by atoms with van der Waals surface area (Å²) in [7, 11) is 0. The number of nitrogens with zero attached hydrogens (tertiary/aromatic N) is 6. The van der Waals surface area contributed by atoms with Crippen molar-refractivity contribution in [2.24, 2.45) is 0 Å². The molecule has 0 atom stereocenters. The summed E-state index contributed by atoms with van der Waals surface area (Å²) in [6.45, 7) is 0. The molecule has 0 aliphatic heterocycles. The van der Waals surface area contributed by atoms with Crippen LogP contribution in [0.15, 0.2) is 264 Å². The van der Waals surface area contributed by atoms with E-state index >= 15 is 0 Å². The Kier molecular flexibility index (Phi) is 9.76. The Morgan fingerprint density at radius 3 is 1.00 bits per heavy atom. The third kappa shape index (κ3) is 6.71. The number of furan rings is 2. The highest BCUT2D eigenvalue weighted by atomic mass is 16.3. The van der Waals surface area contributed by atoms with Gasteiger partial charge in [-0.1, -0.05) is 231 Å². The minimum absolute atomic E-state index is 0.548. The quantitative estimate of drug-likeness (QED) is 0.155. The molecule has 0 N–H and O–H groups in total. The molecule has 0 fully saturated rings. The fourth-order valence-electron chi connectivity index (χ4n) is 12.9. The molecule has 15 aromatic rings. The lowest BCUT2D eigenvalue weighted by Crippen LogP contribution is -2.26. The zero-order valence-electron chi connectivity index (χ0n) is 43.2. The van der Waals surface area contributed by atoms with Crippen LogP contribution in [0.5, 0.6) is 0 Å².